The molecule has 4 heteroatoms. The van der Waals surface area contributed by atoms with Crippen molar-refractivity contribution < 1.29 is 4.74 Å². The molecule has 0 radical (unpaired) electrons. The van der Waals surface area contributed by atoms with Gasteiger partial charge < -0.3 is 4.74 Å². The number of ether oxygens (including phenoxy) is 1. The lowest BCUT2D eigenvalue weighted by atomic mass is 9.83. The molecule has 0 amide bonds. The highest BCUT2D eigenvalue weighted by Crippen LogP contribution is 2.28. The SMILES string of the molecule is COc1ccc(Br)cc1CC(NN)C(C)(C)C. The highest BCUT2D eigenvalue weighted by Gasteiger charge is 2.24. The van der Waals surface area contributed by atoms with E-state index in [0.717, 1.165) is 22.2 Å². The molecule has 96 valence electrons. The fourth-order valence-electron chi connectivity index (χ4n) is 1.74. The van der Waals surface area contributed by atoms with Crippen LogP contribution < -0.4 is 16.0 Å². The van der Waals surface area contributed by atoms with Crippen LogP contribution in [0.3, 0.4) is 0 Å². The summed E-state index contributed by atoms with van der Waals surface area (Å²) in [6, 6.07) is 6.22. The molecule has 1 unspecified atom stereocenters. The van der Waals surface area contributed by atoms with Crippen molar-refractivity contribution in [1.82, 2.24) is 5.43 Å². The van der Waals surface area contributed by atoms with E-state index in [4.69, 9.17) is 10.6 Å². The number of hydrazine groups is 1. The Balaban J connectivity index is 2.96. The minimum Gasteiger partial charge on any atom is -0.496 e. The fraction of sp³-hybridized carbons (Fsp3) is 0.538. The predicted octanol–water partition coefficient (Wildman–Crippen LogP) is 2.88. The Morgan fingerprint density at radius 1 is 1.41 bits per heavy atom. The Labute approximate surface area is 112 Å². The summed E-state index contributed by atoms with van der Waals surface area (Å²) in [5.74, 6) is 6.53. The second-order valence-electron chi connectivity index (χ2n) is 5.25. The number of halogens is 1. The molecule has 0 aliphatic rings. The van der Waals surface area contributed by atoms with E-state index in [9.17, 15) is 0 Å². The van der Waals surface area contributed by atoms with Gasteiger partial charge in [-0.2, -0.15) is 0 Å². The van der Waals surface area contributed by atoms with Crippen LogP contribution in [0.25, 0.3) is 0 Å². The summed E-state index contributed by atoms with van der Waals surface area (Å²) in [5, 5.41) is 0. The van der Waals surface area contributed by atoms with Gasteiger partial charge in [-0.3, -0.25) is 11.3 Å². The van der Waals surface area contributed by atoms with Gasteiger partial charge in [0, 0.05) is 10.5 Å². The van der Waals surface area contributed by atoms with E-state index in [-0.39, 0.29) is 11.5 Å². The van der Waals surface area contributed by atoms with Gasteiger partial charge >= 0.3 is 0 Å². The van der Waals surface area contributed by atoms with Crippen LogP contribution in [0, 0.1) is 5.41 Å². The molecule has 0 bridgehead atoms. The highest BCUT2D eigenvalue weighted by atomic mass is 79.9. The summed E-state index contributed by atoms with van der Waals surface area (Å²) in [4.78, 5) is 0. The molecule has 3 N–H and O–H groups in total. The van der Waals surface area contributed by atoms with Gasteiger partial charge in [0.15, 0.2) is 0 Å². The number of hydrogen-bond donors (Lipinski definition) is 2. The van der Waals surface area contributed by atoms with Crippen molar-refractivity contribution in [3.05, 3.63) is 28.2 Å². The Bertz CT molecular complexity index is 374. The molecule has 0 fully saturated rings. The summed E-state index contributed by atoms with van der Waals surface area (Å²) in [5.41, 5.74) is 4.14. The van der Waals surface area contributed by atoms with Crippen molar-refractivity contribution in [2.75, 3.05) is 7.11 Å². The minimum atomic E-state index is 0.0993. The molecule has 3 nitrogen and oxygen atoms in total. The van der Waals surface area contributed by atoms with Gasteiger partial charge in [0.05, 0.1) is 7.11 Å². The summed E-state index contributed by atoms with van der Waals surface area (Å²) >= 11 is 3.48. The first-order valence-electron chi connectivity index (χ1n) is 5.67. The third-order valence-electron chi connectivity index (χ3n) is 2.91. The first-order chi connectivity index (χ1) is 7.88. The second kappa shape index (κ2) is 5.85. The molecule has 0 aliphatic heterocycles. The molecular weight excluding hydrogens is 280 g/mol. The van der Waals surface area contributed by atoms with Crippen molar-refractivity contribution >= 4 is 15.9 Å². The maximum Gasteiger partial charge on any atom is 0.122 e. The average Bonchev–Trinajstić information content (AvgIpc) is 2.24. The third-order valence-corrected chi connectivity index (χ3v) is 3.41. The van der Waals surface area contributed by atoms with Crippen LogP contribution in [0.15, 0.2) is 22.7 Å². The van der Waals surface area contributed by atoms with Crippen LogP contribution in [0.2, 0.25) is 0 Å². The summed E-state index contributed by atoms with van der Waals surface area (Å²) in [6.45, 7) is 6.51. The monoisotopic (exact) mass is 300 g/mol. The van der Waals surface area contributed by atoms with Crippen molar-refractivity contribution in [3.8, 4) is 5.75 Å². The number of methoxy groups -OCH3 is 1. The van der Waals surface area contributed by atoms with Crippen LogP contribution in [0.4, 0.5) is 0 Å². The van der Waals surface area contributed by atoms with Gasteiger partial charge in [-0.15, -0.1) is 0 Å². The molecule has 0 spiro atoms. The van der Waals surface area contributed by atoms with Crippen LogP contribution in [-0.2, 0) is 6.42 Å². The highest BCUT2D eigenvalue weighted by molar-refractivity contribution is 9.10. The standard InChI is InChI=1S/C13H21BrN2O/c1-13(2,3)12(16-15)8-9-7-10(14)5-6-11(9)17-4/h5-7,12,16H,8,15H2,1-4H3. The van der Waals surface area contributed by atoms with Crippen molar-refractivity contribution in [3.63, 3.8) is 0 Å². The van der Waals surface area contributed by atoms with Crippen molar-refractivity contribution in [1.29, 1.82) is 0 Å². The third kappa shape index (κ3) is 3.98. The summed E-state index contributed by atoms with van der Waals surface area (Å²) < 4.78 is 6.42. The van der Waals surface area contributed by atoms with E-state index >= 15 is 0 Å². The number of nitrogens with two attached hydrogens (primary N) is 1. The summed E-state index contributed by atoms with van der Waals surface area (Å²) in [6.07, 6.45) is 0.836. The Morgan fingerprint density at radius 3 is 2.53 bits per heavy atom. The molecule has 0 heterocycles. The number of benzene rings is 1. The molecule has 1 aromatic rings. The van der Waals surface area contributed by atoms with E-state index < -0.39 is 0 Å². The zero-order valence-corrected chi connectivity index (χ0v) is 12.5. The van der Waals surface area contributed by atoms with Gasteiger partial charge in [-0.25, -0.2) is 0 Å². The smallest absolute Gasteiger partial charge is 0.122 e. The van der Waals surface area contributed by atoms with Crippen LogP contribution in [0.1, 0.15) is 26.3 Å². The number of hydrogen-bond acceptors (Lipinski definition) is 3. The van der Waals surface area contributed by atoms with E-state index in [1.165, 1.54) is 0 Å². The van der Waals surface area contributed by atoms with Crippen LogP contribution in [-0.4, -0.2) is 13.2 Å². The topological polar surface area (TPSA) is 47.3 Å². The van der Waals surface area contributed by atoms with Gasteiger partial charge in [-0.05, 0) is 35.6 Å². The van der Waals surface area contributed by atoms with Gasteiger partial charge in [0.25, 0.3) is 0 Å². The lowest BCUT2D eigenvalue weighted by Gasteiger charge is -2.30. The van der Waals surface area contributed by atoms with E-state index in [1.54, 1.807) is 7.11 Å². The van der Waals surface area contributed by atoms with Crippen LogP contribution >= 0.6 is 15.9 Å². The molecule has 0 aromatic heterocycles. The largest absolute Gasteiger partial charge is 0.496 e. The lowest BCUT2D eigenvalue weighted by molar-refractivity contribution is 0.266. The van der Waals surface area contributed by atoms with Gasteiger partial charge in [0.1, 0.15) is 5.75 Å². The Hall–Kier alpha value is -0.580. The normalized spacial score (nSPS) is 13.5. The molecule has 1 rings (SSSR count). The van der Waals surface area contributed by atoms with Crippen LogP contribution in [0.5, 0.6) is 5.75 Å². The maximum absolute atomic E-state index is 5.63. The van der Waals surface area contributed by atoms with E-state index in [0.29, 0.717) is 0 Å². The number of rotatable bonds is 4. The Kier molecular flexibility index (Phi) is 4.98. The first-order valence-corrected chi connectivity index (χ1v) is 6.46. The molecule has 1 atom stereocenters. The van der Waals surface area contributed by atoms with Gasteiger partial charge in [-0.1, -0.05) is 36.7 Å². The Morgan fingerprint density at radius 2 is 2.06 bits per heavy atom. The fourth-order valence-corrected chi connectivity index (χ4v) is 2.15. The second-order valence-corrected chi connectivity index (χ2v) is 6.16. The quantitative estimate of drug-likeness (QED) is 0.664. The maximum atomic E-state index is 5.63. The summed E-state index contributed by atoms with van der Waals surface area (Å²) in [7, 11) is 1.69. The van der Waals surface area contributed by atoms with Gasteiger partial charge in [0.2, 0.25) is 0 Å². The predicted molar refractivity (Wildman–Crippen MR) is 75.0 cm³/mol. The molecule has 0 aliphatic carbocycles. The van der Waals surface area contributed by atoms with E-state index in [1.807, 2.05) is 12.1 Å². The minimum absolute atomic E-state index is 0.0993. The van der Waals surface area contributed by atoms with Crippen molar-refractivity contribution in [2.45, 2.75) is 33.2 Å². The molecular formula is C13H21BrN2O. The molecule has 1 aromatic carbocycles. The van der Waals surface area contributed by atoms with E-state index in [2.05, 4.69) is 48.2 Å². The first kappa shape index (κ1) is 14.5. The number of nitrogens with one attached hydrogen (secondary N) is 1. The molecule has 17 heavy (non-hydrogen) atoms. The molecule has 0 saturated heterocycles. The average molecular weight is 301 g/mol. The zero-order valence-electron chi connectivity index (χ0n) is 10.9. The lowest BCUT2D eigenvalue weighted by Crippen LogP contribution is -2.45. The molecule has 0 saturated carbocycles. The zero-order chi connectivity index (χ0) is 13.1. The van der Waals surface area contributed by atoms with Crippen molar-refractivity contribution in [2.24, 2.45) is 11.3 Å².